The van der Waals surface area contributed by atoms with Gasteiger partial charge in [0.1, 0.15) is 0 Å². The van der Waals surface area contributed by atoms with E-state index < -0.39 is 0 Å². The molecule has 0 unspecified atom stereocenters. The van der Waals surface area contributed by atoms with Crippen LogP contribution >= 0.6 is 0 Å². The first-order chi connectivity index (χ1) is 10.3. The minimum atomic E-state index is -0.0869. The minimum absolute atomic E-state index is 0.0869. The molecular formula is C19H32O2. The van der Waals surface area contributed by atoms with E-state index >= 15 is 0 Å². The van der Waals surface area contributed by atoms with E-state index in [4.69, 9.17) is 0 Å². The van der Waals surface area contributed by atoms with Gasteiger partial charge in [-0.2, -0.15) is 0 Å². The molecule has 0 saturated carbocycles. The molecule has 0 amide bonds. The summed E-state index contributed by atoms with van der Waals surface area (Å²) in [5, 5.41) is 0. The molecule has 0 aromatic rings. The summed E-state index contributed by atoms with van der Waals surface area (Å²) in [6.45, 7) is 2.15. The van der Waals surface area contributed by atoms with Crippen molar-refractivity contribution in [1.29, 1.82) is 0 Å². The van der Waals surface area contributed by atoms with Gasteiger partial charge in [0.15, 0.2) is 0 Å². The van der Waals surface area contributed by atoms with Gasteiger partial charge in [-0.25, -0.2) is 0 Å². The first kappa shape index (κ1) is 19.7. The van der Waals surface area contributed by atoms with E-state index in [2.05, 4.69) is 48.1 Å². The summed E-state index contributed by atoms with van der Waals surface area (Å²) in [6.07, 6.45) is 24.1. The van der Waals surface area contributed by atoms with Crippen molar-refractivity contribution < 1.29 is 9.53 Å². The molecule has 0 saturated heterocycles. The third-order valence-corrected chi connectivity index (χ3v) is 3.26. The summed E-state index contributed by atoms with van der Waals surface area (Å²) in [6, 6.07) is 0. The fourth-order valence-electron chi connectivity index (χ4n) is 1.99. The summed E-state index contributed by atoms with van der Waals surface area (Å²) < 4.78 is 4.61. The highest BCUT2D eigenvalue weighted by Crippen LogP contribution is 2.08. The molecule has 0 rings (SSSR count). The number of hydrogen-bond acceptors (Lipinski definition) is 2. The first-order valence-electron chi connectivity index (χ1n) is 8.33. The SMILES string of the molecule is CC/C=C/C/C=C/C/C=C/CCCCCCCC(=O)OC. The zero-order valence-electron chi connectivity index (χ0n) is 13.9. The number of carbonyl (C=O) groups is 1. The number of allylic oxidation sites excluding steroid dienone is 6. The van der Waals surface area contributed by atoms with Crippen LogP contribution in [0.25, 0.3) is 0 Å². The largest absolute Gasteiger partial charge is 0.469 e. The number of hydrogen-bond donors (Lipinski definition) is 0. The average Bonchev–Trinajstić information content (AvgIpc) is 2.50. The quantitative estimate of drug-likeness (QED) is 0.245. The van der Waals surface area contributed by atoms with Crippen LogP contribution in [0.5, 0.6) is 0 Å². The van der Waals surface area contributed by atoms with Gasteiger partial charge in [-0.05, 0) is 38.5 Å². The van der Waals surface area contributed by atoms with E-state index in [1.165, 1.54) is 32.8 Å². The molecule has 0 spiro atoms. The second-order valence-corrected chi connectivity index (χ2v) is 5.18. The molecule has 0 radical (unpaired) electrons. The van der Waals surface area contributed by atoms with E-state index in [0.717, 1.165) is 32.1 Å². The Kier molecular flexibility index (Phi) is 15.7. The highest BCUT2D eigenvalue weighted by molar-refractivity contribution is 5.68. The standard InChI is InChI=1S/C19H32O2/c1-3-4-5-6-7-8-9-10-11-12-13-14-15-16-17-18-19(20)21-2/h4-5,7-8,10-11H,3,6,9,12-18H2,1-2H3/b5-4+,8-7+,11-10+. The van der Waals surface area contributed by atoms with Crippen molar-refractivity contribution in [2.24, 2.45) is 0 Å². The monoisotopic (exact) mass is 292 g/mol. The van der Waals surface area contributed by atoms with Gasteiger partial charge in [0, 0.05) is 6.42 Å². The van der Waals surface area contributed by atoms with Gasteiger partial charge in [0.2, 0.25) is 0 Å². The van der Waals surface area contributed by atoms with Crippen molar-refractivity contribution in [3.8, 4) is 0 Å². The smallest absolute Gasteiger partial charge is 0.305 e. The van der Waals surface area contributed by atoms with Gasteiger partial charge < -0.3 is 4.74 Å². The molecule has 0 fully saturated rings. The van der Waals surface area contributed by atoms with Crippen LogP contribution in [0.3, 0.4) is 0 Å². The fraction of sp³-hybridized carbons (Fsp3) is 0.632. The lowest BCUT2D eigenvalue weighted by molar-refractivity contribution is -0.140. The molecule has 0 aromatic carbocycles. The minimum Gasteiger partial charge on any atom is -0.469 e. The Hall–Kier alpha value is -1.31. The summed E-state index contributed by atoms with van der Waals surface area (Å²) in [5.74, 6) is -0.0869. The molecule has 0 bridgehead atoms. The lowest BCUT2D eigenvalue weighted by Gasteiger charge is -1.99. The van der Waals surface area contributed by atoms with Crippen molar-refractivity contribution in [2.45, 2.75) is 71.1 Å². The molecule has 0 atom stereocenters. The van der Waals surface area contributed by atoms with E-state index in [-0.39, 0.29) is 5.97 Å². The van der Waals surface area contributed by atoms with Crippen LogP contribution in [0, 0.1) is 0 Å². The fourth-order valence-corrected chi connectivity index (χ4v) is 1.99. The zero-order valence-corrected chi connectivity index (χ0v) is 13.9. The molecule has 2 nitrogen and oxygen atoms in total. The third kappa shape index (κ3) is 16.6. The van der Waals surface area contributed by atoms with E-state index in [1.54, 1.807) is 0 Å². The predicted octanol–water partition coefficient (Wildman–Crippen LogP) is 5.75. The maximum atomic E-state index is 10.9. The molecule has 0 heterocycles. The predicted molar refractivity (Wildman–Crippen MR) is 91.3 cm³/mol. The normalized spacial score (nSPS) is 11.9. The maximum Gasteiger partial charge on any atom is 0.305 e. The van der Waals surface area contributed by atoms with Gasteiger partial charge in [0.25, 0.3) is 0 Å². The molecule has 2 heteroatoms. The summed E-state index contributed by atoms with van der Waals surface area (Å²) in [4.78, 5) is 10.9. The zero-order chi connectivity index (χ0) is 15.6. The highest BCUT2D eigenvalue weighted by atomic mass is 16.5. The second-order valence-electron chi connectivity index (χ2n) is 5.18. The number of rotatable bonds is 13. The van der Waals surface area contributed by atoms with Gasteiger partial charge in [-0.3, -0.25) is 4.79 Å². The molecule has 0 aliphatic heterocycles. The average molecular weight is 292 g/mol. The van der Waals surface area contributed by atoms with Crippen molar-refractivity contribution in [3.05, 3.63) is 36.5 Å². The first-order valence-corrected chi connectivity index (χ1v) is 8.33. The number of ether oxygens (including phenoxy) is 1. The number of carbonyl (C=O) groups excluding carboxylic acids is 1. The van der Waals surface area contributed by atoms with Gasteiger partial charge >= 0.3 is 5.97 Å². The summed E-state index contributed by atoms with van der Waals surface area (Å²) in [5.41, 5.74) is 0. The Balaban J connectivity index is 3.25. The molecule has 0 aliphatic carbocycles. The van der Waals surface area contributed by atoms with Crippen LogP contribution < -0.4 is 0 Å². The Morgan fingerprint density at radius 3 is 2.05 bits per heavy atom. The topological polar surface area (TPSA) is 26.3 Å². The molecule has 0 aliphatic rings. The van der Waals surface area contributed by atoms with Crippen molar-refractivity contribution in [1.82, 2.24) is 0 Å². The van der Waals surface area contributed by atoms with Gasteiger partial charge in [-0.15, -0.1) is 0 Å². The molecular weight excluding hydrogens is 260 g/mol. The third-order valence-electron chi connectivity index (χ3n) is 3.26. The van der Waals surface area contributed by atoms with Gasteiger partial charge in [-0.1, -0.05) is 62.6 Å². The van der Waals surface area contributed by atoms with Crippen LogP contribution in [0.1, 0.15) is 71.1 Å². The summed E-state index contributed by atoms with van der Waals surface area (Å²) in [7, 11) is 1.45. The van der Waals surface area contributed by atoms with Crippen molar-refractivity contribution in [3.63, 3.8) is 0 Å². The molecule has 21 heavy (non-hydrogen) atoms. The van der Waals surface area contributed by atoms with Crippen LogP contribution in [-0.4, -0.2) is 13.1 Å². The Morgan fingerprint density at radius 1 is 0.810 bits per heavy atom. The lowest BCUT2D eigenvalue weighted by Crippen LogP contribution is -1.98. The second kappa shape index (κ2) is 16.7. The van der Waals surface area contributed by atoms with Crippen LogP contribution in [0.15, 0.2) is 36.5 Å². The molecule has 120 valence electrons. The molecule has 0 aromatic heterocycles. The maximum absolute atomic E-state index is 10.9. The van der Waals surface area contributed by atoms with E-state index in [1.807, 2.05) is 0 Å². The highest BCUT2D eigenvalue weighted by Gasteiger charge is 1.98. The Bertz CT molecular complexity index is 314. The van der Waals surface area contributed by atoms with E-state index in [9.17, 15) is 4.79 Å². The Labute approximate surface area is 131 Å². The van der Waals surface area contributed by atoms with Crippen molar-refractivity contribution >= 4 is 5.97 Å². The number of methoxy groups -OCH3 is 1. The molecule has 0 N–H and O–H groups in total. The van der Waals surface area contributed by atoms with Crippen LogP contribution in [0.2, 0.25) is 0 Å². The van der Waals surface area contributed by atoms with Crippen LogP contribution in [0.4, 0.5) is 0 Å². The van der Waals surface area contributed by atoms with Gasteiger partial charge in [0.05, 0.1) is 7.11 Å². The van der Waals surface area contributed by atoms with Crippen LogP contribution in [-0.2, 0) is 9.53 Å². The van der Waals surface area contributed by atoms with E-state index in [0.29, 0.717) is 6.42 Å². The lowest BCUT2D eigenvalue weighted by atomic mass is 10.1. The summed E-state index contributed by atoms with van der Waals surface area (Å²) >= 11 is 0. The van der Waals surface area contributed by atoms with Crippen molar-refractivity contribution in [2.75, 3.05) is 7.11 Å². The number of esters is 1. The number of unbranched alkanes of at least 4 members (excludes halogenated alkanes) is 5. The Morgan fingerprint density at radius 2 is 1.38 bits per heavy atom.